The number of ether oxygens (including phenoxy) is 1. The molecule has 0 radical (unpaired) electrons. The largest absolute Gasteiger partial charge is 0.478 e. The molecule has 0 aliphatic heterocycles. The summed E-state index contributed by atoms with van der Waals surface area (Å²) in [5, 5.41) is 0. The number of benzene rings is 1. The normalized spacial score (nSPS) is 12.7. The van der Waals surface area contributed by atoms with Crippen molar-refractivity contribution >= 4 is 8.46 Å². The van der Waals surface area contributed by atoms with Crippen LogP contribution in [0.25, 0.3) is 0 Å². The standard InChI is InChI=1S/C12H17O2P/c1-3-6-10-7-5-8-11(9-10)14-12(4-2)15-13/h5,7-9,12H,3-4,6H2,1-2H3. The minimum atomic E-state index is -0.220. The van der Waals surface area contributed by atoms with Gasteiger partial charge in [0.05, 0.1) is 0 Å². The summed E-state index contributed by atoms with van der Waals surface area (Å²) in [6.07, 6.45) is 2.94. The molecule has 82 valence electrons. The van der Waals surface area contributed by atoms with Crippen LogP contribution < -0.4 is 4.74 Å². The van der Waals surface area contributed by atoms with Crippen molar-refractivity contribution < 1.29 is 9.30 Å². The molecule has 0 amide bonds. The first-order chi connectivity index (χ1) is 7.30. The van der Waals surface area contributed by atoms with Gasteiger partial charge in [-0.3, -0.25) is 4.57 Å². The van der Waals surface area contributed by atoms with Crippen molar-refractivity contribution in [1.29, 1.82) is 0 Å². The molecule has 0 spiro atoms. The second-order valence-electron chi connectivity index (χ2n) is 3.48. The molecule has 0 bridgehead atoms. The Morgan fingerprint density at radius 1 is 1.40 bits per heavy atom. The third kappa shape index (κ3) is 4.01. The van der Waals surface area contributed by atoms with Crippen LogP contribution in [0.15, 0.2) is 24.3 Å². The Hall–Kier alpha value is -0.880. The molecule has 0 heterocycles. The fourth-order valence-electron chi connectivity index (χ4n) is 1.40. The number of hydrogen-bond acceptors (Lipinski definition) is 2. The van der Waals surface area contributed by atoms with Crippen molar-refractivity contribution in [2.24, 2.45) is 0 Å². The van der Waals surface area contributed by atoms with Gasteiger partial charge in [0.1, 0.15) is 5.75 Å². The molecular formula is C12H17O2P. The second kappa shape index (κ2) is 6.58. The van der Waals surface area contributed by atoms with Crippen LogP contribution in [-0.4, -0.2) is 5.85 Å². The first kappa shape index (κ1) is 12.2. The molecule has 0 N–H and O–H groups in total. The summed E-state index contributed by atoms with van der Waals surface area (Å²) in [5.41, 5.74) is 1.27. The van der Waals surface area contributed by atoms with E-state index in [9.17, 15) is 4.57 Å². The van der Waals surface area contributed by atoms with Crippen LogP contribution in [-0.2, 0) is 11.0 Å². The summed E-state index contributed by atoms with van der Waals surface area (Å²) >= 11 is 0. The van der Waals surface area contributed by atoms with Gasteiger partial charge >= 0.3 is 0 Å². The molecule has 3 heteroatoms. The van der Waals surface area contributed by atoms with Gasteiger partial charge in [0.25, 0.3) is 0 Å². The van der Waals surface area contributed by atoms with E-state index in [-0.39, 0.29) is 14.3 Å². The predicted octanol–water partition coefficient (Wildman–Crippen LogP) is 4.05. The summed E-state index contributed by atoms with van der Waals surface area (Å²) in [6.45, 7) is 4.12. The van der Waals surface area contributed by atoms with Crippen molar-refractivity contribution in [3.8, 4) is 5.75 Å². The van der Waals surface area contributed by atoms with E-state index in [0.29, 0.717) is 0 Å². The maximum atomic E-state index is 10.7. The molecule has 0 saturated heterocycles. The first-order valence-corrected chi connectivity index (χ1v) is 6.26. The van der Waals surface area contributed by atoms with Gasteiger partial charge < -0.3 is 4.74 Å². The molecule has 1 rings (SSSR count). The van der Waals surface area contributed by atoms with Crippen LogP contribution in [0.2, 0.25) is 0 Å². The van der Waals surface area contributed by atoms with E-state index in [4.69, 9.17) is 4.74 Å². The Morgan fingerprint density at radius 2 is 2.20 bits per heavy atom. The van der Waals surface area contributed by atoms with Crippen molar-refractivity contribution in [1.82, 2.24) is 0 Å². The zero-order valence-corrected chi connectivity index (χ0v) is 10.2. The van der Waals surface area contributed by atoms with E-state index in [1.54, 1.807) is 0 Å². The van der Waals surface area contributed by atoms with Gasteiger partial charge in [-0.1, -0.05) is 32.4 Å². The fourth-order valence-corrected chi connectivity index (χ4v) is 1.71. The number of rotatable bonds is 6. The molecule has 1 aromatic rings. The minimum absolute atomic E-state index is 0.0558. The SMILES string of the molecule is CCCc1cccc(OC(CC)P=O)c1. The molecule has 0 fully saturated rings. The average molecular weight is 224 g/mol. The lowest BCUT2D eigenvalue weighted by atomic mass is 10.1. The molecule has 0 aliphatic rings. The van der Waals surface area contributed by atoms with Crippen molar-refractivity contribution in [3.63, 3.8) is 0 Å². The molecule has 1 atom stereocenters. The zero-order valence-electron chi connectivity index (χ0n) is 9.27. The Balaban J connectivity index is 2.67. The molecule has 0 aliphatic carbocycles. The van der Waals surface area contributed by atoms with Gasteiger partial charge in [-0.15, -0.1) is 0 Å². The Morgan fingerprint density at radius 3 is 2.80 bits per heavy atom. The van der Waals surface area contributed by atoms with Crippen LogP contribution in [0.4, 0.5) is 0 Å². The third-order valence-electron chi connectivity index (χ3n) is 2.18. The van der Waals surface area contributed by atoms with Crippen LogP contribution in [0.1, 0.15) is 32.3 Å². The van der Waals surface area contributed by atoms with E-state index < -0.39 is 0 Å². The van der Waals surface area contributed by atoms with Gasteiger partial charge in [0.2, 0.25) is 8.46 Å². The lowest BCUT2D eigenvalue weighted by molar-refractivity contribution is 0.275. The zero-order chi connectivity index (χ0) is 11.1. The molecule has 2 nitrogen and oxygen atoms in total. The van der Waals surface area contributed by atoms with Crippen molar-refractivity contribution in [2.45, 2.75) is 39.0 Å². The van der Waals surface area contributed by atoms with E-state index in [0.717, 1.165) is 25.0 Å². The quantitative estimate of drug-likeness (QED) is 0.681. The summed E-state index contributed by atoms with van der Waals surface area (Å²) in [6, 6.07) is 8.01. The smallest absolute Gasteiger partial charge is 0.200 e. The molecule has 0 saturated carbocycles. The summed E-state index contributed by atoms with van der Waals surface area (Å²) in [4.78, 5) is 0. The highest BCUT2D eigenvalue weighted by Crippen LogP contribution is 2.20. The highest BCUT2D eigenvalue weighted by molar-refractivity contribution is 7.24. The van der Waals surface area contributed by atoms with Gasteiger partial charge in [-0.2, -0.15) is 0 Å². The van der Waals surface area contributed by atoms with Crippen LogP contribution in [0.3, 0.4) is 0 Å². The monoisotopic (exact) mass is 224 g/mol. The lowest BCUT2D eigenvalue weighted by Crippen LogP contribution is -2.06. The van der Waals surface area contributed by atoms with Gasteiger partial charge in [-0.25, -0.2) is 0 Å². The molecule has 1 unspecified atom stereocenters. The molecule has 15 heavy (non-hydrogen) atoms. The van der Waals surface area contributed by atoms with Gasteiger partial charge in [0, 0.05) is 0 Å². The van der Waals surface area contributed by atoms with Crippen LogP contribution in [0.5, 0.6) is 5.75 Å². The maximum absolute atomic E-state index is 10.7. The lowest BCUT2D eigenvalue weighted by Gasteiger charge is -2.11. The molecule has 1 aromatic carbocycles. The Bertz CT molecular complexity index is 312. The third-order valence-corrected chi connectivity index (χ3v) is 2.88. The Labute approximate surface area is 92.9 Å². The topological polar surface area (TPSA) is 26.3 Å². The minimum Gasteiger partial charge on any atom is -0.478 e. The fraction of sp³-hybridized carbons (Fsp3) is 0.500. The van der Waals surface area contributed by atoms with Crippen molar-refractivity contribution in [3.05, 3.63) is 29.8 Å². The average Bonchev–Trinajstić information content (AvgIpc) is 2.27. The number of hydrogen-bond donors (Lipinski definition) is 0. The second-order valence-corrected chi connectivity index (χ2v) is 4.27. The van der Waals surface area contributed by atoms with E-state index >= 15 is 0 Å². The molecular weight excluding hydrogens is 207 g/mol. The first-order valence-electron chi connectivity index (χ1n) is 5.38. The highest BCUT2D eigenvalue weighted by atomic mass is 31.1. The maximum Gasteiger partial charge on any atom is 0.200 e. The van der Waals surface area contributed by atoms with Gasteiger partial charge in [0.15, 0.2) is 5.85 Å². The summed E-state index contributed by atoms with van der Waals surface area (Å²) in [5.74, 6) is 0.595. The predicted molar refractivity (Wildman–Crippen MR) is 62.8 cm³/mol. The van der Waals surface area contributed by atoms with Crippen molar-refractivity contribution in [2.75, 3.05) is 0 Å². The highest BCUT2D eigenvalue weighted by Gasteiger charge is 2.07. The van der Waals surface area contributed by atoms with Gasteiger partial charge in [-0.05, 0) is 30.5 Å². The van der Waals surface area contributed by atoms with E-state index in [1.807, 2.05) is 25.1 Å². The van der Waals surface area contributed by atoms with E-state index in [2.05, 4.69) is 13.0 Å². The Kier molecular flexibility index (Phi) is 5.34. The summed E-state index contributed by atoms with van der Waals surface area (Å²) < 4.78 is 16.3. The molecule has 0 aromatic heterocycles. The van der Waals surface area contributed by atoms with E-state index in [1.165, 1.54) is 5.56 Å². The van der Waals surface area contributed by atoms with Crippen LogP contribution >= 0.6 is 8.46 Å². The van der Waals surface area contributed by atoms with Crippen LogP contribution in [0, 0.1) is 0 Å². The number of aryl methyl sites for hydroxylation is 1. The summed E-state index contributed by atoms with van der Waals surface area (Å²) in [7, 11) is 0.0558.